The smallest absolute Gasteiger partial charge is 0.169 e. The van der Waals surface area contributed by atoms with Crippen LogP contribution in [0.4, 0.5) is 15.9 Å². The van der Waals surface area contributed by atoms with Crippen LogP contribution in [0.5, 0.6) is 0 Å². The normalized spacial score (nSPS) is 15.9. The third-order valence-corrected chi connectivity index (χ3v) is 5.18. The van der Waals surface area contributed by atoms with Crippen LogP contribution >= 0.6 is 0 Å². The van der Waals surface area contributed by atoms with Crippen LogP contribution in [0.25, 0.3) is 5.69 Å². The van der Waals surface area contributed by atoms with Crippen LogP contribution in [-0.4, -0.2) is 15.6 Å². The van der Waals surface area contributed by atoms with Crippen LogP contribution in [0.1, 0.15) is 34.2 Å². The number of anilines is 2. The van der Waals surface area contributed by atoms with E-state index in [2.05, 4.69) is 5.32 Å². The summed E-state index contributed by atoms with van der Waals surface area (Å²) in [6.07, 6.45) is 2.63. The molecule has 1 atom stereocenters. The Morgan fingerprint density at radius 2 is 1.79 bits per heavy atom. The predicted octanol–water partition coefficient (Wildman–Crippen LogP) is 5.26. The van der Waals surface area contributed by atoms with Gasteiger partial charge >= 0.3 is 0 Å². The number of para-hydroxylation sites is 1. The molecule has 4 aromatic rings. The van der Waals surface area contributed by atoms with Crippen LogP contribution in [0.3, 0.4) is 0 Å². The molecule has 0 unspecified atom stereocenters. The van der Waals surface area contributed by atoms with Gasteiger partial charge in [0.2, 0.25) is 0 Å². The Bertz CT molecular complexity index is 1150. The van der Waals surface area contributed by atoms with Crippen LogP contribution in [-0.2, 0) is 6.42 Å². The minimum absolute atomic E-state index is 0.0134. The van der Waals surface area contributed by atoms with Gasteiger partial charge in [0.1, 0.15) is 11.6 Å². The predicted molar refractivity (Wildman–Crippen MR) is 107 cm³/mol. The van der Waals surface area contributed by atoms with Gasteiger partial charge in [-0.25, -0.2) is 9.07 Å². The summed E-state index contributed by atoms with van der Waals surface area (Å²) in [5.41, 5.74) is 2.98. The first-order chi connectivity index (χ1) is 14.2. The Morgan fingerprint density at radius 3 is 2.52 bits per heavy atom. The number of rotatable bonds is 4. The van der Waals surface area contributed by atoms with Gasteiger partial charge in [0, 0.05) is 24.4 Å². The van der Waals surface area contributed by atoms with Crippen molar-refractivity contribution in [2.75, 3.05) is 5.32 Å². The molecule has 0 fully saturated rings. The maximum atomic E-state index is 13.3. The molecule has 5 nitrogen and oxygen atoms in total. The molecule has 6 heteroatoms. The van der Waals surface area contributed by atoms with E-state index >= 15 is 0 Å². The van der Waals surface area contributed by atoms with Gasteiger partial charge in [0.25, 0.3) is 0 Å². The Morgan fingerprint density at radius 1 is 1.00 bits per heavy atom. The average Bonchev–Trinajstić information content (AvgIpc) is 3.39. The first-order valence-corrected chi connectivity index (χ1v) is 9.45. The second-order valence-electron chi connectivity index (χ2n) is 7.09. The highest BCUT2D eigenvalue weighted by Crippen LogP contribution is 2.38. The van der Waals surface area contributed by atoms with Gasteiger partial charge in [-0.1, -0.05) is 18.2 Å². The molecule has 0 radical (unpaired) electrons. The second kappa shape index (κ2) is 7.05. The van der Waals surface area contributed by atoms with Crippen molar-refractivity contribution in [2.45, 2.75) is 18.8 Å². The summed E-state index contributed by atoms with van der Waals surface area (Å²) >= 11 is 0. The molecule has 0 bridgehead atoms. The van der Waals surface area contributed by atoms with Gasteiger partial charge in [0.05, 0.1) is 23.2 Å². The van der Waals surface area contributed by atoms with E-state index in [1.165, 1.54) is 12.1 Å². The quantitative estimate of drug-likeness (QED) is 0.519. The lowest BCUT2D eigenvalue weighted by molar-refractivity contribution is 0.0960. The fourth-order valence-corrected chi connectivity index (χ4v) is 3.83. The highest BCUT2D eigenvalue weighted by molar-refractivity contribution is 6.03. The zero-order chi connectivity index (χ0) is 19.8. The molecule has 0 amide bonds. The number of nitrogens with one attached hydrogen (secondary N) is 1. The zero-order valence-corrected chi connectivity index (χ0v) is 15.5. The number of hydrogen-bond acceptors (Lipinski definition) is 4. The van der Waals surface area contributed by atoms with Crippen LogP contribution in [0.2, 0.25) is 0 Å². The zero-order valence-electron chi connectivity index (χ0n) is 15.5. The summed E-state index contributed by atoms with van der Waals surface area (Å²) < 4.78 is 20.6. The molecule has 2 heterocycles. The lowest BCUT2D eigenvalue weighted by Crippen LogP contribution is -2.20. The number of carbonyl (C=O) groups excluding carboxylic acids is 1. The van der Waals surface area contributed by atoms with Crippen molar-refractivity contribution in [3.8, 4) is 5.69 Å². The number of halogens is 1. The standard InChI is InChI=1S/C23H18FN3O2/c24-16-8-10-17(11-9-16)25-23-22-19(27(26-23)18-5-2-1-3-6-18)13-15(14-20(22)28)21-7-4-12-29-21/h1-12,15H,13-14H2,(H,25,26)/t15-/m0/s1. The molecule has 0 spiro atoms. The molecule has 2 aromatic heterocycles. The largest absolute Gasteiger partial charge is 0.469 e. The average molecular weight is 387 g/mol. The molecular formula is C23H18FN3O2. The number of benzene rings is 2. The summed E-state index contributed by atoms with van der Waals surface area (Å²) in [7, 11) is 0. The molecule has 0 saturated heterocycles. The van der Waals surface area contributed by atoms with Crippen molar-refractivity contribution in [3.05, 3.63) is 95.8 Å². The first-order valence-electron chi connectivity index (χ1n) is 9.45. The molecule has 0 saturated carbocycles. The fourth-order valence-electron chi connectivity index (χ4n) is 3.83. The van der Waals surface area contributed by atoms with Gasteiger partial charge < -0.3 is 9.73 Å². The van der Waals surface area contributed by atoms with Crippen molar-refractivity contribution in [1.82, 2.24) is 9.78 Å². The molecule has 1 N–H and O–H groups in total. The number of fused-ring (bicyclic) bond motifs is 1. The summed E-state index contributed by atoms with van der Waals surface area (Å²) in [6.45, 7) is 0. The molecule has 1 aliphatic rings. The highest BCUT2D eigenvalue weighted by atomic mass is 19.1. The first kappa shape index (κ1) is 17.4. The van der Waals surface area contributed by atoms with E-state index in [1.54, 1.807) is 18.4 Å². The van der Waals surface area contributed by atoms with Gasteiger partial charge in [-0.15, -0.1) is 5.10 Å². The number of carbonyl (C=O) groups is 1. The number of Topliss-reactive ketones (excluding diaryl/α,β-unsaturated/α-hetero) is 1. The molecular weight excluding hydrogens is 369 g/mol. The monoisotopic (exact) mass is 387 g/mol. The van der Waals surface area contributed by atoms with Gasteiger partial charge in [-0.3, -0.25) is 4.79 Å². The van der Waals surface area contributed by atoms with Crippen LogP contribution in [0.15, 0.2) is 77.4 Å². The van der Waals surface area contributed by atoms with E-state index in [4.69, 9.17) is 9.52 Å². The van der Waals surface area contributed by atoms with Crippen LogP contribution in [0, 0.1) is 5.82 Å². The van der Waals surface area contributed by atoms with E-state index in [9.17, 15) is 9.18 Å². The van der Waals surface area contributed by atoms with E-state index in [0.29, 0.717) is 29.9 Å². The van der Waals surface area contributed by atoms with Crippen molar-refractivity contribution in [2.24, 2.45) is 0 Å². The number of nitrogens with zero attached hydrogens (tertiary/aromatic N) is 2. The van der Waals surface area contributed by atoms with Crippen molar-refractivity contribution in [1.29, 1.82) is 0 Å². The summed E-state index contributed by atoms with van der Waals surface area (Å²) in [5, 5.41) is 7.89. The Balaban J connectivity index is 1.60. The Hall–Kier alpha value is -3.67. The van der Waals surface area contributed by atoms with Crippen LogP contribution < -0.4 is 5.32 Å². The number of aromatic nitrogens is 2. The van der Waals surface area contributed by atoms with E-state index < -0.39 is 0 Å². The Labute approximate surface area is 166 Å². The minimum Gasteiger partial charge on any atom is -0.469 e. The Kier molecular flexibility index (Phi) is 4.24. The third-order valence-electron chi connectivity index (χ3n) is 5.18. The summed E-state index contributed by atoms with van der Waals surface area (Å²) in [5.74, 6) is 0.961. The molecule has 1 aliphatic carbocycles. The van der Waals surface area contributed by atoms with Crippen molar-refractivity contribution >= 4 is 17.3 Å². The summed E-state index contributed by atoms with van der Waals surface area (Å²) in [6, 6.07) is 19.5. The lowest BCUT2D eigenvalue weighted by Gasteiger charge is -2.21. The summed E-state index contributed by atoms with van der Waals surface area (Å²) in [4.78, 5) is 13.1. The SMILES string of the molecule is O=C1C[C@@H](c2ccco2)Cc2c1c(Nc1ccc(F)cc1)nn2-c1ccccc1. The number of furan rings is 1. The molecule has 2 aromatic carbocycles. The highest BCUT2D eigenvalue weighted by Gasteiger charge is 2.34. The lowest BCUT2D eigenvalue weighted by atomic mass is 9.85. The van der Waals surface area contributed by atoms with E-state index in [1.807, 2.05) is 47.1 Å². The van der Waals surface area contributed by atoms with Gasteiger partial charge in [-0.05, 0) is 48.5 Å². The topological polar surface area (TPSA) is 60.1 Å². The van der Waals surface area contributed by atoms with Crippen molar-refractivity contribution in [3.63, 3.8) is 0 Å². The number of ketones is 1. The maximum absolute atomic E-state index is 13.3. The fraction of sp³-hybridized carbons (Fsp3) is 0.130. The van der Waals surface area contributed by atoms with Crippen molar-refractivity contribution < 1.29 is 13.6 Å². The third kappa shape index (κ3) is 3.23. The molecule has 0 aliphatic heterocycles. The van der Waals surface area contributed by atoms with E-state index in [-0.39, 0.29) is 17.5 Å². The second-order valence-corrected chi connectivity index (χ2v) is 7.09. The molecule has 144 valence electrons. The molecule has 29 heavy (non-hydrogen) atoms. The van der Waals surface area contributed by atoms with E-state index in [0.717, 1.165) is 17.1 Å². The maximum Gasteiger partial charge on any atom is 0.169 e. The minimum atomic E-state index is -0.315. The molecule has 5 rings (SSSR count). The van der Waals surface area contributed by atoms with Gasteiger partial charge in [-0.2, -0.15) is 0 Å². The van der Waals surface area contributed by atoms with Gasteiger partial charge in [0.15, 0.2) is 11.6 Å². The number of hydrogen-bond donors (Lipinski definition) is 1.